The van der Waals surface area contributed by atoms with Crippen LogP contribution >= 0.6 is 0 Å². The molecule has 0 bridgehead atoms. The summed E-state index contributed by atoms with van der Waals surface area (Å²) in [5.41, 5.74) is 8.17. The van der Waals surface area contributed by atoms with Crippen molar-refractivity contribution in [3.05, 3.63) is 66.6 Å². The highest BCUT2D eigenvalue weighted by Crippen LogP contribution is 2.31. The van der Waals surface area contributed by atoms with Gasteiger partial charge < -0.3 is 5.73 Å². The van der Waals surface area contributed by atoms with Crippen molar-refractivity contribution in [2.75, 3.05) is 5.73 Å². The molecule has 2 heterocycles. The van der Waals surface area contributed by atoms with Gasteiger partial charge in [0.25, 0.3) is 0 Å². The fourth-order valence-electron chi connectivity index (χ4n) is 2.72. The van der Waals surface area contributed by atoms with Crippen molar-refractivity contribution in [1.82, 2.24) is 14.6 Å². The van der Waals surface area contributed by atoms with E-state index in [4.69, 9.17) is 10.9 Å². The number of hydrogen-bond acceptors (Lipinski definition) is 7. The molecule has 0 saturated carbocycles. The van der Waals surface area contributed by atoms with Crippen LogP contribution < -0.4 is 10.9 Å². The van der Waals surface area contributed by atoms with Crippen LogP contribution in [0.2, 0.25) is 0 Å². The molecule has 0 amide bonds. The van der Waals surface area contributed by atoms with Gasteiger partial charge in [0, 0.05) is 11.8 Å². The zero-order valence-corrected chi connectivity index (χ0v) is 15.6. The summed E-state index contributed by atoms with van der Waals surface area (Å²) in [4.78, 5) is 4.17. The maximum absolute atomic E-state index is 13.2. The van der Waals surface area contributed by atoms with Crippen molar-refractivity contribution in [2.45, 2.75) is 4.90 Å². The number of azo groups is 1. The lowest BCUT2D eigenvalue weighted by molar-refractivity contribution is 0.598. The number of benzene rings is 2. The molecule has 0 atom stereocenters. The summed E-state index contributed by atoms with van der Waals surface area (Å²) in [6.07, 6.45) is 1.55. The smallest absolute Gasteiger partial charge is 0.238 e. The SMILES string of the molecule is Nc1nn2c(-c3ccc(F)cc3)ccnc2c1N=Nc1cccc(S(N)(=O)=O)c1. The third kappa shape index (κ3) is 3.68. The van der Waals surface area contributed by atoms with Crippen molar-refractivity contribution in [3.63, 3.8) is 0 Å². The maximum atomic E-state index is 13.2. The van der Waals surface area contributed by atoms with Crippen LogP contribution in [0.4, 0.5) is 21.6 Å². The van der Waals surface area contributed by atoms with Crippen LogP contribution in [0.1, 0.15) is 0 Å². The lowest BCUT2D eigenvalue weighted by Gasteiger charge is -2.04. The molecule has 29 heavy (non-hydrogen) atoms. The molecule has 4 rings (SSSR count). The van der Waals surface area contributed by atoms with E-state index in [0.717, 1.165) is 0 Å². The topological polar surface area (TPSA) is 141 Å². The molecule has 4 aromatic rings. The number of halogens is 1. The molecule has 4 N–H and O–H groups in total. The van der Waals surface area contributed by atoms with Crippen LogP contribution in [0, 0.1) is 5.82 Å². The fraction of sp³-hybridized carbons (Fsp3) is 0. The summed E-state index contributed by atoms with van der Waals surface area (Å²) < 4.78 is 37.7. The number of fused-ring (bicyclic) bond motifs is 1. The Morgan fingerprint density at radius 1 is 1.03 bits per heavy atom. The number of primary sulfonamides is 1. The Bertz CT molecular complexity index is 1350. The second-order valence-electron chi connectivity index (χ2n) is 6.05. The van der Waals surface area contributed by atoms with Gasteiger partial charge in [0.05, 0.1) is 16.3 Å². The van der Waals surface area contributed by atoms with Crippen LogP contribution in [0.25, 0.3) is 16.9 Å². The van der Waals surface area contributed by atoms with Crippen molar-refractivity contribution < 1.29 is 12.8 Å². The molecular formula is C18H14FN7O2S. The zero-order chi connectivity index (χ0) is 20.6. The second-order valence-corrected chi connectivity index (χ2v) is 7.61. The summed E-state index contributed by atoms with van der Waals surface area (Å²) in [7, 11) is -3.86. The summed E-state index contributed by atoms with van der Waals surface area (Å²) in [5.74, 6) is -0.270. The number of nitrogens with two attached hydrogens (primary N) is 2. The molecule has 11 heteroatoms. The van der Waals surface area contributed by atoms with Gasteiger partial charge in [-0.15, -0.1) is 10.2 Å². The summed E-state index contributed by atoms with van der Waals surface area (Å²) in [6, 6.07) is 13.3. The third-order valence-electron chi connectivity index (χ3n) is 4.07. The van der Waals surface area contributed by atoms with E-state index in [1.54, 1.807) is 30.5 Å². The predicted octanol–water partition coefficient (Wildman–Crippen LogP) is 3.18. The average Bonchev–Trinajstić information content (AvgIpc) is 3.02. The molecule has 0 unspecified atom stereocenters. The van der Waals surface area contributed by atoms with Crippen LogP contribution in [-0.2, 0) is 10.0 Å². The highest BCUT2D eigenvalue weighted by Gasteiger charge is 2.15. The molecule has 0 saturated heterocycles. The van der Waals surface area contributed by atoms with Gasteiger partial charge in [-0.05, 0) is 48.5 Å². The summed E-state index contributed by atoms with van der Waals surface area (Å²) in [5, 5.41) is 17.5. The number of aromatic nitrogens is 3. The molecule has 2 aromatic heterocycles. The number of hydrogen-bond donors (Lipinski definition) is 2. The van der Waals surface area contributed by atoms with Gasteiger partial charge in [-0.2, -0.15) is 5.11 Å². The summed E-state index contributed by atoms with van der Waals surface area (Å²) >= 11 is 0. The first-order valence-electron chi connectivity index (χ1n) is 8.27. The molecule has 9 nitrogen and oxygen atoms in total. The van der Waals surface area contributed by atoms with Crippen LogP contribution in [0.3, 0.4) is 0 Å². The normalized spacial score (nSPS) is 12.1. The first-order valence-corrected chi connectivity index (χ1v) is 9.81. The largest absolute Gasteiger partial charge is 0.380 e. The second kappa shape index (κ2) is 7.04. The van der Waals surface area contributed by atoms with Crippen molar-refractivity contribution in [1.29, 1.82) is 0 Å². The van der Waals surface area contributed by atoms with Gasteiger partial charge in [-0.25, -0.2) is 27.4 Å². The molecule has 146 valence electrons. The number of anilines is 1. The van der Waals surface area contributed by atoms with Gasteiger partial charge in [0.15, 0.2) is 17.2 Å². The van der Waals surface area contributed by atoms with Gasteiger partial charge in [0.2, 0.25) is 10.0 Å². The maximum Gasteiger partial charge on any atom is 0.238 e. The number of nitrogens with zero attached hydrogens (tertiary/aromatic N) is 5. The van der Waals surface area contributed by atoms with Crippen molar-refractivity contribution in [2.24, 2.45) is 15.4 Å². The Kier molecular flexibility index (Phi) is 4.53. The fourth-order valence-corrected chi connectivity index (χ4v) is 3.27. The first kappa shape index (κ1) is 18.7. The molecular weight excluding hydrogens is 397 g/mol. The van der Waals surface area contributed by atoms with E-state index >= 15 is 0 Å². The van der Waals surface area contributed by atoms with Crippen LogP contribution in [0.15, 0.2) is 75.9 Å². The minimum Gasteiger partial charge on any atom is -0.380 e. The van der Waals surface area contributed by atoms with E-state index in [-0.39, 0.29) is 27.9 Å². The molecule has 0 radical (unpaired) electrons. The lowest BCUT2D eigenvalue weighted by atomic mass is 10.1. The van der Waals surface area contributed by atoms with Crippen molar-refractivity contribution >= 4 is 32.9 Å². The van der Waals surface area contributed by atoms with Crippen LogP contribution in [-0.4, -0.2) is 23.0 Å². The Balaban J connectivity index is 1.78. The Morgan fingerprint density at radius 3 is 2.52 bits per heavy atom. The average molecular weight is 411 g/mol. The van der Waals surface area contributed by atoms with E-state index < -0.39 is 10.0 Å². The molecule has 0 aliphatic heterocycles. The molecule has 0 aliphatic carbocycles. The number of nitrogen functional groups attached to an aromatic ring is 1. The van der Waals surface area contributed by atoms with Crippen molar-refractivity contribution in [3.8, 4) is 11.3 Å². The third-order valence-corrected chi connectivity index (χ3v) is 4.98. The molecule has 0 fully saturated rings. The minimum absolute atomic E-state index is 0.0819. The highest BCUT2D eigenvalue weighted by atomic mass is 32.2. The molecule has 0 aliphatic rings. The van der Waals surface area contributed by atoms with Gasteiger partial charge in [0.1, 0.15) is 5.82 Å². The van der Waals surface area contributed by atoms with E-state index in [9.17, 15) is 12.8 Å². The predicted molar refractivity (Wildman–Crippen MR) is 105 cm³/mol. The minimum atomic E-state index is -3.86. The summed E-state index contributed by atoms with van der Waals surface area (Å²) in [6.45, 7) is 0. The Morgan fingerprint density at radius 2 is 1.79 bits per heavy atom. The van der Waals surface area contributed by atoms with E-state index in [2.05, 4.69) is 20.3 Å². The van der Waals surface area contributed by atoms with Gasteiger partial charge >= 0.3 is 0 Å². The monoisotopic (exact) mass is 411 g/mol. The van der Waals surface area contributed by atoms with E-state index in [0.29, 0.717) is 16.9 Å². The van der Waals surface area contributed by atoms with Gasteiger partial charge in [-0.1, -0.05) is 6.07 Å². The lowest BCUT2D eigenvalue weighted by Crippen LogP contribution is -2.11. The molecule has 2 aromatic carbocycles. The number of sulfonamides is 1. The zero-order valence-electron chi connectivity index (χ0n) is 14.8. The highest BCUT2D eigenvalue weighted by molar-refractivity contribution is 7.89. The first-order chi connectivity index (χ1) is 13.8. The van der Waals surface area contributed by atoms with E-state index in [1.807, 2.05) is 0 Å². The number of rotatable bonds is 4. The van der Waals surface area contributed by atoms with E-state index in [1.165, 1.54) is 34.8 Å². The van der Waals surface area contributed by atoms with Crippen LogP contribution in [0.5, 0.6) is 0 Å². The van der Waals surface area contributed by atoms with Gasteiger partial charge in [-0.3, -0.25) is 0 Å². The Labute approximate surface area is 164 Å². The Hall–Kier alpha value is -3.70. The quantitative estimate of drug-likeness (QED) is 0.496. The standard InChI is InChI=1S/C18H14FN7O2S/c19-12-6-4-11(5-7-12)15-8-9-22-18-16(17(20)25-26(15)18)24-23-13-2-1-3-14(10-13)29(21,27)28/h1-10H,(H2,20,25)(H2,21,27,28). The molecule has 0 spiro atoms.